The minimum atomic E-state index is -0.110. The Kier molecular flexibility index (Phi) is 5.33. The highest BCUT2D eigenvalue weighted by Gasteiger charge is 2.23. The van der Waals surface area contributed by atoms with E-state index < -0.39 is 0 Å². The van der Waals surface area contributed by atoms with Crippen LogP contribution in [0.2, 0.25) is 0 Å². The number of phenols is 1. The van der Waals surface area contributed by atoms with Gasteiger partial charge in [0.15, 0.2) is 0 Å². The maximum Gasteiger partial charge on any atom is 0.200 e. The van der Waals surface area contributed by atoms with Crippen molar-refractivity contribution in [3.8, 4) is 22.6 Å². The van der Waals surface area contributed by atoms with Gasteiger partial charge in [0.25, 0.3) is 0 Å². The topological polar surface area (TPSA) is 62.9 Å². The third-order valence-corrected chi connectivity index (χ3v) is 5.81. The Labute approximate surface area is 170 Å². The number of para-hydroxylation sites is 1. The standard InChI is InChI=1S/C24H27NO4/c1-15-7-6-12-25(13-15)14-19-20(26)11-10-18-23(27)22(16(2)29-24(18)19)17-8-4-5-9-21(17)28-3/h4-5,8-11,15,26H,6-7,12-14H2,1-3H3/t15-/m0/s1. The molecule has 29 heavy (non-hydrogen) atoms. The van der Waals surface area contributed by atoms with E-state index in [1.54, 1.807) is 26.2 Å². The van der Waals surface area contributed by atoms with Gasteiger partial charge in [-0.3, -0.25) is 9.69 Å². The summed E-state index contributed by atoms with van der Waals surface area (Å²) < 4.78 is 11.6. The molecule has 0 unspecified atom stereocenters. The van der Waals surface area contributed by atoms with Crippen LogP contribution in [-0.2, 0) is 6.54 Å². The van der Waals surface area contributed by atoms with Gasteiger partial charge in [-0.15, -0.1) is 0 Å². The Bertz CT molecular complexity index is 1100. The molecule has 2 heterocycles. The fourth-order valence-electron chi connectivity index (χ4n) is 4.38. The number of rotatable bonds is 4. The van der Waals surface area contributed by atoms with Crippen LogP contribution in [0.5, 0.6) is 11.5 Å². The van der Waals surface area contributed by atoms with E-state index in [0.29, 0.717) is 51.6 Å². The second-order valence-electron chi connectivity index (χ2n) is 7.99. The lowest BCUT2D eigenvalue weighted by Crippen LogP contribution is -2.33. The highest BCUT2D eigenvalue weighted by Crippen LogP contribution is 2.34. The number of fused-ring (bicyclic) bond motifs is 1. The van der Waals surface area contributed by atoms with Gasteiger partial charge in [-0.2, -0.15) is 0 Å². The zero-order chi connectivity index (χ0) is 20.5. The highest BCUT2D eigenvalue weighted by atomic mass is 16.5. The van der Waals surface area contributed by atoms with Crippen molar-refractivity contribution in [1.82, 2.24) is 4.90 Å². The van der Waals surface area contributed by atoms with Crippen LogP contribution in [-0.4, -0.2) is 30.2 Å². The quantitative estimate of drug-likeness (QED) is 0.695. The Morgan fingerprint density at radius 2 is 2.03 bits per heavy atom. The van der Waals surface area contributed by atoms with E-state index in [1.807, 2.05) is 24.3 Å². The van der Waals surface area contributed by atoms with Gasteiger partial charge in [0.05, 0.1) is 23.6 Å². The third-order valence-electron chi connectivity index (χ3n) is 5.81. The molecule has 1 atom stereocenters. The molecule has 5 heteroatoms. The average Bonchev–Trinajstić information content (AvgIpc) is 2.71. The first-order chi connectivity index (χ1) is 14.0. The summed E-state index contributed by atoms with van der Waals surface area (Å²) in [4.78, 5) is 15.7. The van der Waals surface area contributed by atoms with Crippen molar-refractivity contribution in [3.05, 3.63) is 57.9 Å². The summed E-state index contributed by atoms with van der Waals surface area (Å²) in [6.07, 6.45) is 2.38. The van der Waals surface area contributed by atoms with Crippen molar-refractivity contribution < 1.29 is 14.3 Å². The second-order valence-corrected chi connectivity index (χ2v) is 7.99. The Morgan fingerprint density at radius 3 is 2.79 bits per heavy atom. The van der Waals surface area contributed by atoms with Crippen LogP contribution in [0.3, 0.4) is 0 Å². The summed E-state index contributed by atoms with van der Waals surface area (Å²) in [6.45, 7) is 6.59. The van der Waals surface area contributed by atoms with E-state index in [9.17, 15) is 9.90 Å². The first kappa shape index (κ1) is 19.5. The number of aromatic hydroxyl groups is 1. The molecule has 1 N–H and O–H groups in total. The summed E-state index contributed by atoms with van der Waals surface area (Å²) >= 11 is 0. The van der Waals surface area contributed by atoms with Gasteiger partial charge < -0.3 is 14.3 Å². The van der Waals surface area contributed by atoms with Crippen LogP contribution in [0.15, 0.2) is 45.6 Å². The molecule has 2 aromatic carbocycles. The zero-order valence-electron chi connectivity index (χ0n) is 17.2. The SMILES string of the molecule is COc1ccccc1-c1c(C)oc2c(CN3CCC[C@H](C)C3)c(O)ccc2c1=O. The van der Waals surface area contributed by atoms with E-state index >= 15 is 0 Å². The number of phenolic OH excluding ortho intramolecular Hbond substituents is 1. The van der Waals surface area contributed by atoms with Crippen LogP contribution < -0.4 is 10.2 Å². The summed E-state index contributed by atoms with van der Waals surface area (Å²) in [7, 11) is 1.59. The van der Waals surface area contributed by atoms with Gasteiger partial charge in [0, 0.05) is 18.7 Å². The van der Waals surface area contributed by atoms with Crippen molar-refractivity contribution in [1.29, 1.82) is 0 Å². The molecule has 1 fully saturated rings. The monoisotopic (exact) mass is 393 g/mol. The molecule has 1 saturated heterocycles. The maximum absolute atomic E-state index is 13.4. The minimum absolute atomic E-state index is 0.110. The van der Waals surface area contributed by atoms with E-state index in [1.165, 1.54) is 6.42 Å². The Balaban J connectivity index is 1.86. The number of likely N-dealkylation sites (tertiary alicyclic amines) is 1. The molecular formula is C24H27NO4. The molecule has 4 rings (SSSR count). The van der Waals surface area contributed by atoms with Gasteiger partial charge in [0.1, 0.15) is 22.8 Å². The van der Waals surface area contributed by atoms with Gasteiger partial charge in [-0.1, -0.05) is 25.1 Å². The lowest BCUT2D eigenvalue weighted by Gasteiger charge is -2.31. The molecular weight excluding hydrogens is 366 g/mol. The van der Waals surface area contributed by atoms with E-state index in [4.69, 9.17) is 9.15 Å². The van der Waals surface area contributed by atoms with Gasteiger partial charge in [-0.25, -0.2) is 0 Å². The molecule has 0 bridgehead atoms. The second kappa shape index (κ2) is 7.91. The molecule has 0 amide bonds. The van der Waals surface area contributed by atoms with E-state index in [0.717, 1.165) is 19.5 Å². The molecule has 1 aromatic heterocycles. The Hall–Kier alpha value is -2.79. The highest BCUT2D eigenvalue weighted by molar-refractivity contribution is 5.87. The number of methoxy groups -OCH3 is 1. The van der Waals surface area contributed by atoms with E-state index in [2.05, 4.69) is 11.8 Å². The zero-order valence-corrected chi connectivity index (χ0v) is 17.2. The van der Waals surface area contributed by atoms with Crippen LogP contribution in [0.1, 0.15) is 31.1 Å². The van der Waals surface area contributed by atoms with Crippen molar-refractivity contribution >= 4 is 11.0 Å². The van der Waals surface area contributed by atoms with Crippen LogP contribution in [0.25, 0.3) is 22.1 Å². The van der Waals surface area contributed by atoms with Crippen LogP contribution in [0.4, 0.5) is 0 Å². The number of benzene rings is 2. The maximum atomic E-state index is 13.4. The van der Waals surface area contributed by atoms with Crippen molar-refractivity contribution in [2.75, 3.05) is 20.2 Å². The predicted molar refractivity (Wildman–Crippen MR) is 115 cm³/mol. The number of aryl methyl sites for hydroxylation is 1. The molecule has 0 aliphatic carbocycles. The fraction of sp³-hybridized carbons (Fsp3) is 0.375. The van der Waals surface area contributed by atoms with Gasteiger partial charge >= 0.3 is 0 Å². The molecule has 0 radical (unpaired) electrons. The molecule has 0 spiro atoms. The molecule has 5 nitrogen and oxygen atoms in total. The van der Waals surface area contributed by atoms with Crippen LogP contribution >= 0.6 is 0 Å². The largest absolute Gasteiger partial charge is 0.507 e. The smallest absolute Gasteiger partial charge is 0.200 e. The molecule has 1 aliphatic rings. The fourth-order valence-corrected chi connectivity index (χ4v) is 4.38. The van der Waals surface area contributed by atoms with Crippen molar-refractivity contribution in [3.63, 3.8) is 0 Å². The summed E-state index contributed by atoms with van der Waals surface area (Å²) in [5, 5.41) is 11.0. The number of piperidine rings is 1. The molecule has 152 valence electrons. The lowest BCUT2D eigenvalue weighted by atomic mass is 9.98. The average molecular weight is 393 g/mol. The summed E-state index contributed by atoms with van der Waals surface area (Å²) in [5.41, 5.74) is 2.26. The van der Waals surface area contributed by atoms with Gasteiger partial charge in [0.2, 0.25) is 5.43 Å². The Morgan fingerprint density at radius 1 is 1.24 bits per heavy atom. The van der Waals surface area contributed by atoms with Crippen LogP contribution in [0, 0.1) is 12.8 Å². The molecule has 0 saturated carbocycles. The molecule has 3 aromatic rings. The lowest BCUT2D eigenvalue weighted by molar-refractivity contribution is 0.175. The van der Waals surface area contributed by atoms with E-state index in [-0.39, 0.29) is 11.2 Å². The number of ether oxygens (including phenoxy) is 1. The van der Waals surface area contributed by atoms with Crippen molar-refractivity contribution in [2.24, 2.45) is 5.92 Å². The number of nitrogens with zero attached hydrogens (tertiary/aromatic N) is 1. The number of hydrogen-bond acceptors (Lipinski definition) is 5. The summed E-state index contributed by atoms with van der Waals surface area (Å²) in [6, 6.07) is 10.7. The molecule has 1 aliphatic heterocycles. The normalized spacial score (nSPS) is 17.6. The predicted octanol–water partition coefficient (Wildman–Crippen LogP) is 4.71. The first-order valence-electron chi connectivity index (χ1n) is 10.1. The summed E-state index contributed by atoms with van der Waals surface area (Å²) in [5.74, 6) is 1.95. The third kappa shape index (κ3) is 3.62. The number of hydrogen-bond donors (Lipinski definition) is 1. The van der Waals surface area contributed by atoms with Crippen molar-refractivity contribution in [2.45, 2.75) is 33.2 Å². The first-order valence-corrected chi connectivity index (χ1v) is 10.1. The minimum Gasteiger partial charge on any atom is -0.507 e. The van der Waals surface area contributed by atoms with Gasteiger partial charge in [-0.05, 0) is 50.4 Å².